The van der Waals surface area contributed by atoms with Crippen LogP contribution in [0.25, 0.3) is 0 Å². The SMILES string of the molecule is Cc1nc(CN2CCN(C(=O)[C@@H](N)C(C)C)CC2)cs1. The largest absolute Gasteiger partial charge is 0.339 e. The van der Waals surface area contributed by atoms with E-state index in [1.54, 1.807) is 11.3 Å². The number of hydrogen-bond acceptors (Lipinski definition) is 5. The van der Waals surface area contributed by atoms with E-state index in [4.69, 9.17) is 5.73 Å². The number of nitrogens with zero attached hydrogens (tertiary/aromatic N) is 3. The van der Waals surface area contributed by atoms with Crippen LogP contribution in [-0.2, 0) is 11.3 Å². The zero-order chi connectivity index (χ0) is 14.7. The summed E-state index contributed by atoms with van der Waals surface area (Å²) in [5.41, 5.74) is 7.07. The number of carbonyl (C=O) groups is 1. The van der Waals surface area contributed by atoms with E-state index in [1.165, 1.54) is 0 Å². The molecule has 2 rings (SSSR count). The molecule has 20 heavy (non-hydrogen) atoms. The Morgan fingerprint density at radius 1 is 1.40 bits per heavy atom. The zero-order valence-electron chi connectivity index (χ0n) is 12.5. The number of carbonyl (C=O) groups excluding carboxylic acids is 1. The lowest BCUT2D eigenvalue weighted by Gasteiger charge is -2.36. The van der Waals surface area contributed by atoms with Crippen LogP contribution >= 0.6 is 11.3 Å². The van der Waals surface area contributed by atoms with Gasteiger partial charge in [-0.2, -0.15) is 0 Å². The molecule has 5 nitrogen and oxygen atoms in total. The lowest BCUT2D eigenvalue weighted by molar-refractivity contribution is -0.135. The molecule has 1 aromatic rings. The van der Waals surface area contributed by atoms with Crippen molar-refractivity contribution in [3.8, 4) is 0 Å². The van der Waals surface area contributed by atoms with E-state index < -0.39 is 0 Å². The molecule has 0 radical (unpaired) electrons. The number of amides is 1. The summed E-state index contributed by atoms with van der Waals surface area (Å²) in [4.78, 5) is 20.9. The maximum Gasteiger partial charge on any atom is 0.239 e. The summed E-state index contributed by atoms with van der Waals surface area (Å²) in [6.45, 7) is 10.2. The van der Waals surface area contributed by atoms with Crippen LogP contribution < -0.4 is 5.73 Å². The van der Waals surface area contributed by atoms with Gasteiger partial charge in [-0.15, -0.1) is 11.3 Å². The van der Waals surface area contributed by atoms with Crippen LogP contribution in [0.3, 0.4) is 0 Å². The fraction of sp³-hybridized carbons (Fsp3) is 0.714. The Morgan fingerprint density at radius 2 is 2.05 bits per heavy atom. The average molecular weight is 296 g/mol. The van der Waals surface area contributed by atoms with Gasteiger partial charge in [0.25, 0.3) is 0 Å². The quantitative estimate of drug-likeness (QED) is 0.903. The van der Waals surface area contributed by atoms with Gasteiger partial charge in [-0.1, -0.05) is 13.8 Å². The lowest BCUT2D eigenvalue weighted by Crippen LogP contribution is -2.54. The molecule has 1 aliphatic rings. The van der Waals surface area contributed by atoms with Crippen LogP contribution in [0.1, 0.15) is 24.5 Å². The first-order chi connectivity index (χ1) is 9.47. The molecule has 6 heteroatoms. The molecule has 0 aliphatic carbocycles. The summed E-state index contributed by atoms with van der Waals surface area (Å²) in [5, 5.41) is 3.22. The summed E-state index contributed by atoms with van der Waals surface area (Å²) in [6.07, 6.45) is 0. The molecular weight excluding hydrogens is 272 g/mol. The minimum absolute atomic E-state index is 0.0872. The van der Waals surface area contributed by atoms with Gasteiger partial charge in [-0.25, -0.2) is 4.98 Å². The molecule has 0 spiro atoms. The van der Waals surface area contributed by atoms with E-state index in [0.717, 1.165) is 43.4 Å². The summed E-state index contributed by atoms with van der Waals surface area (Å²) in [6, 6.07) is -0.372. The van der Waals surface area contributed by atoms with Crippen molar-refractivity contribution in [2.75, 3.05) is 26.2 Å². The number of aromatic nitrogens is 1. The number of thiazole rings is 1. The lowest BCUT2D eigenvalue weighted by atomic mass is 10.0. The van der Waals surface area contributed by atoms with E-state index in [9.17, 15) is 4.79 Å². The average Bonchev–Trinajstić information content (AvgIpc) is 2.83. The van der Waals surface area contributed by atoms with Gasteiger partial charge in [0, 0.05) is 38.1 Å². The number of piperazine rings is 1. The first-order valence-electron chi connectivity index (χ1n) is 7.15. The van der Waals surface area contributed by atoms with Gasteiger partial charge in [-0.05, 0) is 12.8 Å². The van der Waals surface area contributed by atoms with Crippen LogP contribution in [0, 0.1) is 12.8 Å². The second kappa shape index (κ2) is 6.65. The van der Waals surface area contributed by atoms with Crippen LogP contribution in [0.2, 0.25) is 0 Å². The van der Waals surface area contributed by atoms with Crippen LogP contribution in [0.5, 0.6) is 0 Å². The van der Waals surface area contributed by atoms with Crippen LogP contribution in [0.4, 0.5) is 0 Å². The van der Waals surface area contributed by atoms with Gasteiger partial charge in [0.2, 0.25) is 5.91 Å². The Hall–Kier alpha value is -0.980. The van der Waals surface area contributed by atoms with Crippen LogP contribution in [0.15, 0.2) is 5.38 Å². The van der Waals surface area contributed by atoms with E-state index >= 15 is 0 Å². The molecule has 0 aromatic carbocycles. The molecule has 1 aromatic heterocycles. The fourth-order valence-corrected chi connectivity index (χ4v) is 2.94. The highest BCUT2D eigenvalue weighted by Gasteiger charge is 2.26. The van der Waals surface area contributed by atoms with Crippen molar-refractivity contribution in [3.05, 3.63) is 16.1 Å². The minimum Gasteiger partial charge on any atom is -0.339 e. The summed E-state index contributed by atoms with van der Waals surface area (Å²) < 4.78 is 0. The monoisotopic (exact) mass is 296 g/mol. The Morgan fingerprint density at radius 3 is 2.55 bits per heavy atom. The third-order valence-corrected chi connectivity index (χ3v) is 4.56. The topological polar surface area (TPSA) is 62.5 Å². The molecule has 2 heterocycles. The van der Waals surface area contributed by atoms with Gasteiger partial charge in [0.15, 0.2) is 0 Å². The van der Waals surface area contributed by atoms with E-state index in [1.807, 2.05) is 25.7 Å². The Balaban J connectivity index is 1.82. The second-order valence-electron chi connectivity index (χ2n) is 5.73. The number of rotatable bonds is 4. The van der Waals surface area contributed by atoms with Crippen molar-refractivity contribution in [1.82, 2.24) is 14.8 Å². The molecule has 1 amide bonds. The Bertz CT molecular complexity index is 452. The van der Waals surface area contributed by atoms with Crippen molar-refractivity contribution in [2.24, 2.45) is 11.7 Å². The predicted molar refractivity (Wildman–Crippen MR) is 81.5 cm³/mol. The molecule has 0 unspecified atom stereocenters. The van der Waals surface area contributed by atoms with Gasteiger partial charge >= 0.3 is 0 Å². The fourth-order valence-electron chi connectivity index (χ4n) is 2.33. The third kappa shape index (κ3) is 3.77. The van der Waals surface area contributed by atoms with Crippen molar-refractivity contribution in [3.63, 3.8) is 0 Å². The van der Waals surface area contributed by atoms with Gasteiger partial charge in [0.1, 0.15) is 0 Å². The van der Waals surface area contributed by atoms with Gasteiger partial charge in [-0.3, -0.25) is 9.69 Å². The van der Waals surface area contributed by atoms with Crippen molar-refractivity contribution in [2.45, 2.75) is 33.4 Å². The highest BCUT2D eigenvalue weighted by molar-refractivity contribution is 7.09. The highest BCUT2D eigenvalue weighted by atomic mass is 32.1. The standard InChI is InChI=1S/C14H24N4OS/c1-10(2)13(15)14(19)18-6-4-17(5-7-18)8-12-9-20-11(3)16-12/h9-10,13H,4-8,15H2,1-3H3/t13-/m0/s1. The Kier molecular flexibility index (Phi) is 5.12. The molecule has 1 aliphatic heterocycles. The Labute approximate surface area is 124 Å². The number of hydrogen-bond donors (Lipinski definition) is 1. The van der Waals surface area contributed by atoms with Crippen molar-refractivity contribution in [1.29, 1.82) is 0 Å². The third-order valence-electron chi connectivity index (χ3n) is 3.74. The van der Waals surface area contributed by atoms with E-state index in [2.05, 4.69) is 15.3 Å². The van der Waals surface area contributed by atoms with Crippen LogP contribution in [-0.4, -0.2) is 52.9 Å². The smallest absolute Gasteiger partial charge is 0.239 e. The molecule has 0 saturated carbocycles. The highest BCUT2D eigenvalue weighted by Crippen LogP contribution is 2.13. The van der Waals surface area contributed by atoms with E-state index in [-0.39, 0.29) is 17.9 Å². The molecule has 2 N–H and O–H groups in total. The normalized spacial score (nSPS) is 18.6. The van der Waals surface area contributed by atoms with Gasteiger partial charge < -0.3 is 10.6 Å². The predicted octanol–water partition coefficient (Wildman–Crippen LogP) is 1.08. The summed E-state index contributed by atoms with van der Waals surface area (Å²) in [5.74, 6) is 0.280. The molecule has 0 bridgehead atoms. The second-order valence-corrected chi connectivity index (χ2v) is 6.79. The van der Waals surface area contributed by atoms with E-state index in [0.29, 0.717) is 0 Å². The maximum atomic E-state index is 12.2. The summed E-state index contributed by atoms with van der Waals surface area (Å²) >= 11 is 1.69. The molecule has 1 fully saturated rings. The summed E-state index contributed by atoms with van der Waals surface area (Å²) in [7, 11) is 0. The molecule has 112 valence electrons. The first-order valence-corrected chi connectivity index (χ1v) is 8.03. The van der Waals surface area contributed by atoms with Crippen molar-refractivity contribution < 1.29 is 4.79 Å². The molecular formula is C14H24N4OS. The maximum absolute atomic E-state index is 12.2. The number of aryl methyl sites for hydroxylation is 1. The molecule has 1 atom stereocenters. The first kappa shape index (κ1) is 15.4. The number of nitrogens with two attached hydrogens (primary N) is 1. The zero-order valence-corrected chi connectivity index (χ0v) is 13.3. The molecule has 1 saturated heterocycles. The van der Waals surface area contributed by atoms with Crippen molar-refractivity contribution >= 4 is 17.2 Å². The minimum atomic E-state index is -0.372. The van der Waals surface area contributed by atoms with Gasteiger partial charge in [0.05, 0.1) is 16.7 Å².